The highest BCUT2D eigenvalue weighted by Crippen LogP contribution is 2.33. The van der Waals surface area contributed by atoms with Gasteiger partial charge in [0.2, 0.25) is 5.91 Å². The van der Waals surface area contributed by atoms with Crippen LogP contribution in [0.4, 0.5) is 0 Å². The van der Waals surface area contributed by atoms with E-state index in [-0.39, 0.29) is 11.9 Å². The van der Waals surface area contributed by atoms with Gasteiger partial charge in [0.1, 0.15) is 0 Å². The summed E-state index contributed by atoms with van der Waals surface area (Å²) in [6, 6.07) is 12.5. The maximum atomic E-state index is 12.7. The van der Waals surface area contributed by atoms with E-state index in [1.54, 1.807) is 11.3 Å². The summed E-state index contributed by atoms with van der Waals surface area (Å²) >= 11 is 1.70. The lowest BCUT2D eigenvalue weighted by Crippen LogP contribution is -2.30. The lowest BCUT2D eigenvalue weighted by Gasteiger charge is -2.24. The van der Waals surface area contributed by atoms with Crippen LogP contribution < -0.4 is 0 Å². The fraction of sp³-hybridized carbons (Fsp3) is 0.300. The maximum absolute atomic E-state index is 12.7. The quantitative estimate of drug-likeness (QED) is 0.690. The molecule has 1 unspecified atom stereocenters. The smallest absolute Gasteiger partial charge is 0.223 e. The largest absolute Gasteiger partial charge is 0.336 e. The van der Waals surface area contributed by atoms with Crippen molar-refractivity contribution in [2.24, 2.45) is 0 Å². The lowest BCUT2D eigenvalue weighted by atomic mass is 10.1. The van der Waals surface area contributed by atoms with Gasteiger partial charge in [-0.05, 0) is 59.3 Å². The molecule has 3 aromatic rings. The van der Waals surface area contributed by atoms with E-state index < -0.39 is 0 Å². The van der Waals surface area contributed by atoms with Gasteiger partial charge in [-0.3, -0.25) is 4.79 Å². The molecule has 0 spiro atoms. The Labute approximate surface area is 151 Å². The zero-order valence-corrected chi connectivity index (χ0v) is 14.9. The van der Waals surface area contributed by atoms with Crippen LogP contribution in [0.3, 0.4) is 0 Å². The zero-order valence-electron chi connectivity index (χ0n) is 14.0. The molecule has 0 N–H and O–H groups in total. The van der Waals surface area contributed by atoms with Gasteiger partial charge in [0.15, 0.2) is 0 Å². The SMILES string of the molecule is O=C(CCc1cnn(-c2ccccc2)c1)N1CCCC1c1ccsc1. The van der Waals surface area contributed by atoms with E-state index in [9.17, 15) is 4.79 Å². The van der Waals surface area contributed by atoms with Crippen molar-refractivity contribution in [2.75, 3.05) is 6.54 Å². The molecule has 128 valence electrons. The van der Waals surface area contributed by atoms with Crippen molar-refractivity contribution >= 4 is 17.2 Å². The van der Waals surface area contributed by atoms with E-state index in [0.29, 0.717) is 6.42 Å². The van der Waals surface area contributed by atoms with Crippen LogP contribution in [0.1, 0.15) is 36.4 Å². The van der Waals surface area contributed by atoms with Crippen molar-refractivity contribution in [3.05, 3.63) is 70.7 Å². The molecule has 1 amide bonds. The molecule has 0 aliphatic carbocycles. The number of amides is 1. The summed E-state index contributed by atoms with van der Waals surface area (Å²) in [7, 11) is 0. The topological polar surface area (TPSA) is 38.1 Å². The molecule has 25 heavy (non-hydrogen) atoms. The summed E-state index contributed by atoms with van der Waals surface area (Å²) in [5.41, 5.74) is 3.42. The van der Waals surface area contributed by atoms with Crippen molar-refractivity contribution in [1.29, 1.82) is 0 Å². The number of para-hydroxylation sites is 1. The fourth-order valence-corrected chi connectivity index (χ4v) is 4.19. The second-order valence-electron chi connectivity index (χ2n) is 6.43. The first-order valence-electron chi connectivity index (χ1n) is 8.72. The number of aromatic nitrogens is 2. The average Bonchev–Trinajstić information content (AvgIpc) is 3.41. The molecule has 0 bridgehead atoms. The number of aryl methyl sites for hydroxylation is 1. The highest BCUT2D eigenvalue weighted by molar-refractivity contribution is 7.07. The molecule has 2 aromatic heterocycles. The summed E-state index contributed by atoms with van der Waals surface area (Å²) in [6.07, 6.45) is 7.33. The molecule has 3 heterocycles. The van der Waals surface area contributed by atoms with Crippen LogP contribution in [0.25, 0.3) is 5.69 Å². The van der Waals surface area contributed by atoms with E-state index >= 15 is 0 Å². The standard InChI is InChI=1S/C20H21N3OS/c24-20(22-11-4-7-19(22)17-10-12-25-15-17)9-8-16-13-21-23(14-16)18-5-2-1-3-6-18/h1-3,5-6,10,12-15,19H,4,7-9,11H2. The molecule has 1 aliphatic rings. The summed E-state index contributed by atoms with van der Waals surface area (Å²) in [5.74, 6) is 0.251. The van der Waals surface area contributed by atoms with Gasteiger partial charge in [0.25, 0.3) is 0 Å². The molecular formula is C20H21N3OS. The number of benzene rings is 1. The monoisotopic (exact) mass is 351 g/mol. The van der Waals surface area contributed by atoms with Crippen LogP contribution in [-0.4, -0.2) is 27.1 Å². The van der Waals surface area contributed by atoms with Crippen molar-refractivity contribution in [3.63, 3.8) is 0 Å². The molecule has 0 radical (unpaired) electrons. The minimum absolute atomic E-state index is 0.251. The number of nitrogens with zero attached hydrogens (tertiary/aromatic N) is 3. The van der Waals surface area contributed by atoms with Crippen LogP contribution in [0.15, 0.2) is 59.6 Å². The summed E-state index contributed by atoms with van der Waals surface area (Å²) in [4.78, 5) is 14.8. The van der Waals surface area contributed by atoms with Gasteiger partial charge < -0.3 is 4.90 Å². The van der Waals surface area contributed by atoms with Gasteiger partial charge in [0, 0.05) is 19.2 Å². The van der Waals surface area contributed by atoms with Gasteiger partial charge in [-0.25, -0.2) is 4.68 Å². The van der Waals surface area contributed by atoms with Crippen LogP contribution >= 0.6 is 11.3 Å². The second-order valence-corrected chi connectivity index (χ2v) is 7.21. The number of carbonyl (C=O) groups excluding carboxylic acids is 1. The first kappa shape index (κ1) is 16.1. The highest BCUT2D eigenvalue weighted by atomic mass is 32.1. The third-order valence-corrected chi connectivity index (χ3v) is 5.49. The van der Waals surface area contributed by atoms with Gasteiger partial charge in [-0.2, -0.15) is 16.4 Å². The number of hydrogen-bond donors (Lipinski definition) is 0. The molecule has 1 saturated heterocycles. The Morgan fingerprint density at radius 2 is 2.12 bits per heavy atom. The maximum Gasteiger partial charge on any atom is 0.223 e. The molecule has 1 fully saturated rings. The second kappa shape index (κ2) is 7.23. The third kappa shape index (κ3) is 3.51. The molecule has 1 atom stereocenters. The van der Waals surface area contributed by atoms with E-state index in [4.69, 9.17) is 0 Å². The number of thiophene rings is 1. The van der Waals surface area contributed by atoms with Gasteiger partial charge in [-0.15, -0.1) is 0 Å². The van der Waals surface area contributed by atoms with Crippen molar-refractivity contribution in [3.8, 4) is 5.69 Å². The normalized spacial score (nSPS) is 17.1. The zero-order chi connectivity index (χ0) is 17.1. The molecule has 4 nitrogen and oxygen atoms in total. The third-order valence-electron chi connectivity index (χ3n) is 4.79. The predicted octanol–water partition coefficient (Wildman–Crippen LogP) is 4.23. The molecule has 1 aromatic carbocycles. The molecule has 4 rings (SSSR count). The van der Waals surface area contributed by atoms with E-state index in [0.717, 1.165) is 37.1 Å². The van der Waals surface area contributed by atoms with E-state index in [1.165, 1.54) is 5.56 Å². The first-order valence-corrected chi connectivity index (χ1v) is 9.66. The molecule has 0 saturated carbocycles. The Balaban J connectivity index is 1.38. The Morgan fingerprint density at radius 1 is 1.24 bits per heavy atom. The number of hydrogen-bond acceptors (Lipinski definition) is 3. The van der Waals surface area contributed by atoms with Gasteiger partial charge >= 0.3 is 0 Å². The molecule has 5 heteroatoms. The van der Waals surface area contributed by atoms with E-state index in [1.807, 2.05) is 47.4 Å². The summed E-state index contributed by atoms with van der Waals surface area (Å²) in [5, 5.41) is 8.67. The van der Waals surface area contributed by atoms with Gasteiger partial charge in [0.05, 0.1) is 17.9 Å². The van der Waals surface area contributed by atoms with Crippen LogP contribution in [0, 0.1) is 0 Å². The molecule has 1 aliphatic heterocycles. The summed E-state index contributed by atoms with van der Waals surface area (Å²) < 4.78 is 1.86. The minimum Gasteiger partial charge on any atom is -0.336 e. The minimum atomic E-state index is 0.251. The Bertz CT molecular complexity index is 826. The Hall–Kier alpha value is -2.40. The van der Waals surface area contributed by atoms with Crippen molar-refractivity contribution < 1.29 is 4.79 Å². The Morgan fingerprint density at radius 3 is 2.92 bits per heavy atom. The van der Waals surface area contributed by atoms with Crippen molar-refractivity contribution in [2.45, 2.75) is 31.7 Å². The predicted molar refractivity (Wildman–Crippen MR) is 99.9 cm³/mol. The highest BCUT2D eigenvalue weighted by Gasteiger charge is 2.29. The lowest BCUT2D eigenvalue weighted by molar-refractivity contribution is -0.132. The number of rotatable bonds is 5. The van der Waals surface area contributed by atoms with Crippen LogP contribution in [-0.2, 0) is 11.2 Å². The van der Waals surface area contributed by atoms with Crippen molar-refractivity contribution in [1.82, 2.24) is 14.7 Å². The number of likely N-dealkylation sites (tertiary alicyclic amines) is 1. The Kier molecular flexibility index (Phi) is 4.65. The van der Waals surface area contributed by atoms with Crippen LogP contribution in [0.2, 0.25) is 0 Å². The van der Waals surface area contributed by atoms with E-state index in [2.05, 4.69) is 26.8 Å². The number of carbonyl (C=O) groups is 1. The van der Waals surface area contributed by atoms with Gasteiger partial charge in [-0.1, -0.05) is 18.2 Å². The van der Waals surface area contributed by atoms with Crippen LogP contribution in [0.5, 0.6) is 0 Å². The fourth-order valence-electron chi connectivity index (χ4n) is 3.48. The summed E-state index contributed by atoms with van der Waals surface area (Å²) in [6.45, 7) is 0.878. The average molecular weight is 351 g/mol. The first-order chi connectivity index (χ1) is 12.3. The molecular weight excluding hydrogens is 330 g/mol.